The van der Waals surface area contributed by atoms with Crippen molar-refractivity contribution in [3.05, 3.63) is 106 Å². The van der Waals surface area contributed by atoms with Gasteiger partial charge in [0.2, 0.25) is 0 Å². The van der Waals surface area contributed by atoms with Crippen LogP contribution in [0.5, 0.6) is 0 Å². The van der Waals surface area contributed by atoms with Crippen LogP contribution in [0.15, 0.2) is 72.8 Å². The van der Waals surface area contributed by atoms with Gasteiger partial charge in [0.15, 0.2) is 0 Å². The lowest BCUT2D eigenvalue weighted by molar-refractivity contribution is -0.137. The zero-order valence-corrected chi connectivity index (χ0v) is 22.0. The first-order valence-corrected chi connectivity index (χ1v) is 13.0. The molecule has 1 saturated heterocycles. The van der Waals surface area contributed by atoms with Gasteiger partial charge in [-0.15, -0.1) is 0 Å². The average molecular weight is 527 g/mol. The molecule has 0 aromatic heterocycles. The van der Waals surface area contributed by atoms with E-state index in [1.54, 1.807) is 12.1 Å². The lowest BCUT2D eigenvalue weighted by atomic mass is 9.87. The van der Waals surface area contributed by atoms with Crippen LogP contribution in [-0.2, 0) is 12.7 Å². The van der Waals surface area contributed by atoms with Gasteiger partial charge in [-0.05, 0) is 60.2 Å². The van der Waals surface area contributed by atoms with E-state index in [9.17, 15) is 22.4 Å². The zero-order valence-electron chi connectivity index (χ0n) is 22.0. The van der Waals surface area contributed by atoms with Crippen LogP contribution in [0.4, 0.5) is 17.6 Å². The van der Waals surface area contributed by atoms with E-state index in [4.69, 9.17) is 0 Å². The predicted molar refractivity (Wildman–Crippen MR) is 141 cm³/mol. The molecule has 0 radical (unpaired) electrons. The monoisotopic (exact) mass is 526 g/mol. The molecule has 0 bridgehead atoms. The Morgan fingerprint density at radius 1 is 1.00 bits per heavy atom. The standard InChI is InChI=1S/C31H34F4N2O/c1-21(2)16-37(30(38)24-12-10-22(3)11-13-24)19-26-18-36(17-23-6-4-9-28(32)14-23)20-29(26)25-7-5-8-27(15-25)31(33,34)35/h4-15,21,26,29H,16-20H2,1-3H3/t26-,29+/m1/s1. The Bertz CT molecular complexity index is 1240. The molecule has 0 aliphatic carbocycles. The summed E-state index contributed by atoms with van der Waals surface area (Å²) >= 11 is 0. The molecule has 2 atom stereocenters. The first kappa shape index (κ1) is 27.8. The van der Waals surface area contributed by atoms with Crippen molar-refractivity contribution >= 4 is 5.91 Å². The molecule has 7 heteroatoms. The van der Waals surface area contributed by atoms with Crippen LogP contribution >= 0.6 is 0 Å². The van der Waals surface area contributed by atoms with Crippen molar-refractivity contribution in [3.63, 3.8) is 0 Å². The molecular weight excluding hydrogens is 492 g/mol. The Balaban J connectivity index is 1.63. The van der Waals surface area contributed by atoms with Gasteiger partial charge in [-0.2, -0.15) is 13.2 Å². The highest BCUT2D eigenvalue weighted by atomic mass is 19.4. The van der Waals surface area contributed by atoms with Crippen LogP contribution in [0.25, 0.3) is 0 Å². The Morgan fingerprint density at radius 2 is 1.71 bits per heavy atom. The van der Waals surface area contributed by atoms with Crippen molar-refractivity contribution in [2.75, 3.05) is 26.2 Å². The number of alkyl halides is 3. The molecule has 202 valence electrons. The molecule has 1 amide bonds. The second-order valence-electron chi connectivity index (χ2n) is 10.8. The molecule has 0 unspecified atom stereocenters. The Hall–Kier alpha value is -3.19. The topological polar surface area (TPSA) is 23.6 Å². The van der Waals surface area contributed by atoms with Gasteiger partial charge >= 0.3 is 6.18 Å². The maximum atomic E-state index is 13.8. The summed E-state index contributed by atoms with van der Waals surface area (Å²) in [5.41, 5.74) is 2.40. The highest BCUT2D eigenvalue weighted by molar-refractivity contribution is 5.94. The number of benzene rings is 3. The number of likely N-dealkylation sites (tertiary alicyclic amines) is 1. The second-order valence-corrected chi connectivity index (χ2v) is 10.8. The van der Waals surface area contributed by atoms with Crippen LogP contribution < -0.4 is 0 Å². The normalized spacial score (nSPS) is 18.2. The number of halogens is 4. The number of hydrogen-bond acceptors (Lipinski definition) is 2. The summed E-state index contributed by atoms with van der Waals surface area (Å²) in [5.74, 6) is -0.461. The first-order chi connectivity index (χ1) is 18.0. The third-order valence-corrected chi connectivity index (χ3v) is 7.08. The number of rotatable bonds is 8. The molecule has 3 aromatic rings. The summed E-state index contributed by atoms with van der Waals surface area (Å²) in [6.45, 7) is 8.62. The molecule has 3 aromatic carbocycles. The fourth-order valence-corrected chi connectivity index (χ4v) is 5.33. The molecular formula is C31H34F4N2O. The molecule has 1 heterocycles. The molecule has 38 heavy (non-hydrogen) atoms. The second kappa shape index (κ2) is 11.7. The van der Waals surface area contributed by atoms with Crippen molar-refractivity contribution in [2.24, 2.45) is 11.8 Å². The van der Waals surface area contributed by atoms with Crippen molar-refractivity contribution in [1.82, 2.24) is 9.80 Å². The van der Waals surface area contributed by atoms with Crippen molar-refractivity contribution < 1.29 is 22.4 Å². The number of amides is 1. The third-order valence-electron chi connectivity index (χ3n) is 7.08. The van der Waals surface area contributed by atoms with Crippen molar-refractivity contribution in [3.8, 4) is 0 Å². The van der Waals surface area contributed by atoms with E-state index in [-0.39, 0.29) is 29.5 Å². The molecule has 0 N–H and O–H groups in total. The molecule has 0 saturated carbocycles. The van der Waals surface area contributed by atoms with Gasteiger partial charge < -0.3 is 4.90 Å². The van der Waals surface area contributed by atoms with Gasteiger partial charge in [0, 0.05) is 44.2 Å². The summed E-state index contributed by atoms with van der Waals surface area (Å²) in [6, 6.07) is 19.4. The molecule has 4 rings (SSSR count). The summed E-state index contributed by atoms with van der Waals surface area (Å²) < 4.78 is 54.4. The summed E-state index contributed by atoms with van der Waals surface area (Å²) in [6.07, 6.45) is -4.43. The fraction of sp³-hybridized carbons (Fsp3) is 0.387. The highest BCUT2D eigenvalue weighted by Crippen LogP contribution is 2.37. The lowest BCUT2D eigenvalue weighted by Crippen LogP contribution is -2.39. The molecule has 0 spiro atoms. The maximum Gasteiger partial charge on any atom is 0.416 e. The van der Waals surface area contributed by atoms with Crippen molar-refractivity contribution in [2.45, 2.75) is 39.4 Å². The van der Waals surface area contributed by atoms with E-state index in [2.05, 4.69) is 4.90 Å². The number of hydrogen-bond donors (Lipinski definition) is 0. The van der Waals surface area contributed by atoms with Crippen LogP contribution in [0.1, 0.15) is 52.4 Å². The number of carbonyl (C=O) groups excluding carboxylic acids is 1. The average Bonchev–Trinajstić information content (AvgIpc) is 3.25. The van der Waals surface area contributed by atoms with E-state index in [0.717, 1.165) is 17.2 Å². The highest BCUT2D eigenvalue weighted by Gasteiger charge is 2.38. The molecule has 1 fully saturated rings. The Morgan fingerprint density at radius 3 is 2.37 bits per heavy atom. The van der Waals surface area contributed by atoms with Gasteiger partial charge in [0.25, 0.3) is 5.91 Å². The van der Waals surface area contributed by atoms with E-state index in [0.29, 0.717) is 43.9 Å². The van der Waals surface area contributed by atoms with E-state index in [1.165, 1.54) is 24.3 Å². The Kier molecular flexibility index (Phi) is 8.56. The van der Waals surface area contributed by atoms with Crippen LogP contribution in [0.3, 0.4) is 0 Å². The molecule has 1 aliphatic rings. The maximum absolute atomic E-state index is 13.8. The molecule has 3 nitrogen and oxygen atoms in total. The summed E-state index contributed by atoms with van der Waals surface area (Å²) in [4.78, 5) is 17.5. The minimum Gasteiger partial charge on any atom is -0.338 e. The SMILES string of the molecule is Cc1ccc(C(=O)N(CC(C)C)C[C@H]2CN(Cc3cccc(F)c3)C[C@H]2c2cccc(C(F)(F)F)c2)cc1. The quantitative estimate of drug-likeness (QED) is 0.291. The van der Waals surface area contributed by atoms with Crippen LogP contribution in [-0.4, -0.2) is 41.9 Å². The Labute approximate surface area is 222 Å². The lowest BCUT2D eigenvalue weighted by Gasteiger charge is -2.30. The van der Waals surface area contributed by atoms with Gasteiger partial charge in [-0.1, -0.05) is 61.9 Å². The smallest absolute Gasteiger partial charge is 0.338 e. The van der Waals surface area contributed by atoms with E-state index < -0.39 is 11.7 Å². The number of carbonyl (C=O) groups is 1. The summed E-state index contributed by atoms with van der Waals surface area (Å²) in [7, 11) is 0. The molecule has 1 aliphatic heterocycles. The van der Waals surface area contributed by atoms with E-state index >= 15 is 0 Å². The minimum absolute atomic E-state index is 0.0786. The van der Waals surface area contributed by atoms with Crippen LogP contribution in [0, 0.1) is 24.6 Å². The first-order valence-electron chi connectivity index (χ1n) is 13.0. The van der Waals surface area contributed by atoms with Gasteiger partial charge in [0.05, 0.1) is 5.56 Å². The van der Waals surface area contributed by atoms with Crippen LogP contribution in [0.2, 0.25) is 0 Å². The largest absolute Gasteiger partial charge is 0.416 e. The zero-order chi connectivity index (χ0) is 27.4. The predicted octanol–water partition coefficient (Wildman–Crippen LogP) is 7.17. The van der Waals surface area contributed by atoms with Crippen molar-refractivity contribution in [1.29, 1.82) is 0 Å². The summed E-state index contributed by atoms with van der Waals surface area (Å²) in [5, 5.41) is 0. The minimum atomic E-state index is -4.43. The number of nitrogens with zero attached hydrogens (tertiary/aromatic N) is 2. The van der Waals surface area contributed by atoms with Gasteiger partial charge in [0.1, 0.15) is 5.82 Å². The van der Waals surface area contributed by atoms with E-state index in [1.807, 2.05) is 56.0 Å². The number of aryl methyl sites for hydroxylation is 1. The van der Waals surface area contributed by atoms with Gasteiger partial charge in [-0.3, -0.25) is 9.69 Å². The third kappa shape index (κ3) is 7.01. The fourth-order valence-electron chi connectivity index (χ4n) is 5.33. The van der Waals surface area contributed by atoms with Gasteiger partial charge in [-0.25, -0.2) is 4.39 Å².